The number of nitrogens with one attached hydrogen (secondary N) is 1. The molecule has 5 aromatic carbocycles. The average Bonchev–Trinajstić information content (AvgIpc) is 3.54. The van der Waals surface area contributed by atoms with Gasteiger partial charge in [0.15, 0.2) is 11.5 Å². The van der Waals surface area contributed by atoms with E-state index in [-0.39, 0.29) is 13.2 Å². The van der Waals surface area contributed by atoms with Crippen LogP contribution in [0.1, 0.15) is 52.6 Å². The lowest BCUT2D eigenvalue weighted by Gasteiger charge is -2.37. The lowest BCUT2D eigenvalue weighted by molar-refractivity contribution is -0.0415. The number of hydrogen-bond acceptors (Lipinski definition) is 6. The Bertz CT molecular complexity index is 1800. The Hall–Kier alpha value is -5.11. The van der Waals surface area contributed by atoms with Crippen molar-refractivity contribution in [2.24, 2.45) is 0 Å². The van der Waals surface area contributed by atoms with Crippen molar-refractivity contribution in [3.8, 4) is 22.6 Å². The molecule has 1 aliphatic rings. The maximum atomic E-state index is 12.5. The maximum absolute atomic E-state index is 12.5. The molecule has 0 aliphatic heterocycles. The highest BCUT2D eigenvalue weighted by molar-refractivity contribution is 5.78. The van der Waals surface area contributed by atoms with Gasteiger partial charge in [-0.25, -0.2) is 4.79 Å². The minimum Gasteiger partial charge on any atom is -0.493 e. The molecule has 7 nitrogen and oxygen atoms in total. The van der Waals surface area contributed by atoms with E-state index in [1.807, 2.05) is 91.0 Å². The van der Waals surface area contributed by atoms with E-state index in [2.05, 4.69) is 35.6 Å². The molecule has 0 saturated heterocycles. The fourth-order valence-electron chi connectivity index (χ4n) is 6.79. The van der Waals surface area contributed by atoms with Crippen molar-refractivity contribution in [2.45, 2.75) is 44.0 Å². The number of hydrogen-bond donors (Lipinski definition) is 2. The van der Waals surface area contributed by atoms with Gasteiger partial charge in [-0.2, -0.15) is 0 Å². The molecule has 5 aromatic rings. The highest BCUT2D eigenvalue weighted by Gasteiger charge is 2.41. The number of carbonyl (C=O) groups is 1. The number of alkyl carbamates (subject to hydrolysis) is 1. The molecule has 0 heterocycles. The summed E-state index contributed by atoms with van der Waals surface area (Å²) < 4.78 is 24.0. The number of aliphatic hydroxyl groups is 1. The van der Waals surface area contributed by atoms with Crippen molar-refractivity contribution in [1.29, 1.82) is 0 Å². The first kappa shape index (κ1) is 33.8. The molecular formula is C42H43NO6. The monoisotopic (exact) mass is 657 g/mol. The fourth-order valence-corrected chi connectivity index (χ4v) is 6.79. The van der Waals surface area contributed by atoms with Gasteiger partial charge in [-0.3, -0.25) is 0 Å². The minimum absolute atomic E-state index is 0.0743. The van der Waals surface area contributed by atoms with Crippen molar-refractivity contribution >= 4 is 6.09 Å². The van der Waals surface area contributed by atoms with Gasteiger partial charge in [-0.05, 0) is 70.7 Å². The second-order valence-electron chi connectivity index (χ2n) is 12.2. The quantitative estimate of drug-likeness (QED) is 0.0859. The molecule has 1 aliphatic carbocycles. The van der Waals surface area contributed by atoms with E-state index in [9.17, 15) is 9.90 Å². The Balaban J connectivity index is 1.05. The smallest absolute Gasteiger partial charge is 0.407 e. The summed E-state index contributed by atoms with van der Waals surface area (Å²) in [6.45, 7) is 0.746. The summed E-state index contributed by atoms with van der Waals surface area (Å²) in [7, 11) is 3.23. The number of carbonyl (C=O) groups excluding carboxylic acids is 1. The second kappa shape index (κ2) is 15.9. The van der Waals surface area contributed by atoms with Crippen molar-refractivity contribution in [2.75, 3.05) is 27.4 Å². The van der Waals surface area contributed by atoms with Gasteiger partial charge in [0.25, 0.3) is 0 Å². The first-order chi connectivity index (χ1) is 24.0. The molecule has 2 N–H and O–H groups in total. The standard InChI is InChI=1S/C42H43NO6/c1-46-39-25-14-24-38(40(39)47-2)42(32-17-5-3-6-18-32,33-19-7-4-8-20-33)49-29-34(44)21-11-12-26-43-41(45)48-28-31-16-13-23-36-35-22-10-9-15-30(35)27-37(31)36/h3-10,13-20,22-25,34,44H,11-12,21,26-29H2,1-2H3,(H,43,45). The number of methoxy groups -OCH3 is 2. The average molecular weight is 658 g/mol. The molecule has 0 radical (unpaired) electrons. The van der Waals surface area contributed by atoms with Gasteiger partial charge < -0.3 is 29.4 Å². The summed E-state index contributed by atoms with van der Waals surface area (Å²) in [5, 5.41) is 14.0. The van der Waals surface area contributed by atoms with E-state index in [1.165, 1.54) is 22.3 Å². The van der Waals surface area contributed by atoms with Crippen LogP contribution in [-0.4, -0.2) is 44.7 Å². The minimum atomic E-state index is -1.09. The molecule has 0 spiro atoms. The number of ether oxygens (including phenoxy) is 4. The van der Waals surface area contributed by atoms with Crippen LogP contribution >= 0.6 is 0 Å². The molecule has 7 heteroatoms. The summed E-state index contributed by atoms with van der Waals surface area (Å²) in [6, 6.07) is 40.2. The van der Waals surface area contributed by atoms with Crippen LogP contribution in [0.25, 0.3) is 11.1 Å². The van der Waals surface area contributed by atoms with Gasteiger partial charge in [0, 0.05) is 12.1 Å². The Morgan fingerprint density at radius 2 is 1.45 bits per heavy atom. The van der Waals surface area contributed by atoms with Gasteiger partial charge in [0.2, 0.25) is 0 Å². The first-order valence-corrected chi connectivity index (χ1v) is 16.8. The third-order valence-electron chi connectivity index (χ3n) is 9.18. The predicted octanol–water partition coefficient (Wildman–Crippen LogP) is 8.04. The van der Waals surface area contributed by atoms with Crippen LogP contribution < -0.4 is 14.8 Å². The highest BCUT2D eigenvalue weighted by Crippen LogP contribution is 2.47. The molecule has 0 fully saturated rings. The van der Waals surface area contributed by atoms with Gasteiger partial charge in [-0.15, -0.1) is 0 Å². The fraction of sp³-hybridized carbons (Fsp3) is 0.262. The summed E-state index contributed by atoms with van der Waals surface area (Å²) in [5.74, 6) is 1.15. The zero-order valence-corrected chi connectivity index (χ0v) is 28.1. The van der Waals surface area contributed by atoms with E-state index in [1.54, 1.807) is 14.2 Å². The molecule has 0 aromatic heterocycles. The molecule has 0 bridgehead atoms. The molecule has 1 unspecified atom stereocenters. The van der Waals surface area contributed by atoms with Crippen molar-refractivity contribution in [3.05, 3.63) is 155 Å². The SMILES string of the molecule is COc1cccc(C(OCC(O)CCCCNC(=O)OCc2cccc3c2Cc2ccccc2-3)(c2ccccc2)c2ccccc2)c1OC. The van der Waals surface area contributed by atoms with E-state index in [0.717, 1.165) is 28.7 Å². The topological polar surface area (TPSA) is 86.2 Å². The number of aliphatic hydroxyl groups excluding tert-OH is 1. The highest BCUT2D eigenvalue weighted by atomic mass is 16.5. The molecule has 49 heavy (non-hydrogen) atoms. The number of unbranched alkanes of at least 4 members (excludes halogenated alkanes) is 1. The van der Waals surface area contributed by atoms with Gasteiger partial charge in [-0.1, -0.05) is 115 Å². The number of benzene rings is 5. The molecule has 0 saturated carbocycles. The number of amides is 1. The summed E-state index contributed by atoms with van der Waals surface area (Å²) in [5.41, 5.74) is 7.49. The first-order valence-electron chi connectivity index (χ1n) is 16.8. The van der Waals surface area contributed by atoms with Crippen LogP contribution in [0.15, 0.2) is 121 Å². The molecule has 1 atom stereocenters. The van der Waals surface area contributed by atoms with E-state index < -0.39 is 17.8 Å². The molecular weight excluding hydrogens is 614 g/mol. The zero-order valence-electron chi connectivity index (χ0n) is 28.1. The van der Waals surface area contributed by atoms with Gasteiger partial charge >= 0.3 is 6.09 Å². The van der Waals surface area contributed by atoms with Gasteiger partial charge in [0.1, 0.15) is 12.2 Å². The Morgan fingerprint density at radius 3 is 2.16 bits per heavy atom. The third kappa shape index (κ3) is 7.33. The van der Waals surface area contributed by atoms with Gasteiger partial charge in [0.05, 0.1) is 26.9 Å². The summed E-state index contributed by atoms with van der Waals surface area (Å²) in [4.78, 5) is 12.5. The summed E-state index contributed by atoms with van der Waals surface area (Å²) in [6.07, 6.45) is 1.56. The van der Waals surface area contributed by atoms with Crippen LogP contribution in [0, 0.1) is 0 Å². The maximum Gasteiger partial charge on any atom is 0.407 e. The van der Waals surface area contributed by atoms with Crippen molar-refractivity contribution in [1.82, 2.24) is 5.32 Å². The number of fused-ring (bicyclic) bond motifs is 3. The zero-order chi connectivity index (χ0) is 34.1. The normalized spacial score (nSPS) is 12.5. The largest absolute Gasteiger partial charge is 0.493 e. The summed E-state index contributed by atoms with van der Waals surface area (Å²) >= 11 is 0. The Labute approximate surface area is 288 Å². The Kier molecular flexibility index (Phi) is 10.9. The van der Waals surface area contributed by atoms with Crippen LogP contribution in [0.5, 0.6) is 11.5 Å². The second-order valence-corrected chi connectivity index (χ2v) is 12.2. The molecule has 6 rings (SSSR count). The van der Waals surface area contributed by atoms with E-state index >= 15 is 0 Å². The van der Waals surface area contributed by atoms with Crippen LogP contribution in [-0.2, 0) is 28.1 Å². The van der Waals surface area contributed by atoms with Crippen LogP contribution in [0.3, 0.4) is 0 Å². The number of para-hydroxylation sites is 1. The van der Waals surface area contributed by atoms with E-state index in [0.29, 0.717) is 37.3 Å². The molecule has 252 valence electrons. The van der Waals surface area contributed by atoms with E-state index in [4.69, 9.17) is 18.9 Å². The van der Waals surface area contributed by atoms with Crippen LogP contribution in [0.4, 0.5) is 4.79 Å². The Morgan fingerprint density at radius 1 is 0.776 bits per heavy atom. The van der Waals surface area contributed by atoms with Crippen molar-refractivity contribution < 1.29 is 28.8 Å². The third-order valence-corrected chi connectivity index (χ3v) is 9.18. The lowest BCUT2D eigenvalue weighted by Crippen LogP contribution is -2.36. The number of rotatable bonds is 15. The van der Waals surface area contributed by atoms with Crippen LogP contribution in [0.2, 0.25) is 0 Å². The lowest BCUT2D eigenvalue weighted by atomic mass is 9.79. The predicted molar refractivity (Wildman–Crippen MR) is 191 cm³/mol. The molecule has 1 amide bonds. The van der Waals surface area contributed by atoms with Crippen molar-refractivity contribution in [3.63, 3.8) is 0 Å².